The molecule has 0 fully saturated rings. The van der Waals surface area contributed by atoms with Crippen molar-refractivity contribution in [1.29, 1.82) is 0 Å². The molecule has 25 heavy (non-hydrogen) atoms. The molecule has 4 nitrogen and oxygen atoms in total. The van der Waals surface area contributed by atoms with E-state index in [1.807, 2.05) is 54.3 Å². The molecule has 1 N–H and O–H groups in total. The molecule has 2 aromatic carbocycles. The van der Waals surface area contributed by atoms with Gasteiger partial charge < -0.3 is 15.0 Å². The molecule has 0 spiro atoms. The highest BCUT2D eigenvalue weighted by molar-refractivity contribution is 5.97. The number of aryl methyl sites for hydroxylation is 1. The molecular weight excluding hydrogens is 312 g/mol. The topological polar surface area (TPSA) is 41.6 Å². The molecule has 0 atom stereocenters. The Hall–Kier alpha value is -2.75. The van der Waals surface area contributed by atoms with Gasteiger partial charge in [0.15, 0.2) is 0 Å². The molecular formula is C21H24N2O2. The molecule has 1 heterocycles. The molecule has 130 valence electrons. The zero-order chi connectivity index (χ0) is 17.6. The SMILES string of the molecule is C=C(C)COc1cccc(NCC(=O)N2CCCc3ccccc32)c1. The van der Waals surface area contributed by atoms with Crippen molar-refractivity contribution in [3.63, 3.8) is 0 Å². The minimum atomic E-state index is 0.0837. The first-order valence-corrected chi connectivity index (χ1v) is 8.63. The highest BCUT2D eigenvalue weighted by atomic mass is 16.5. The first-order chi connectivity index (χ1) is 12.1. The van der Waals surface area contributed by atoms with Crippen molar-refractivity contribution in [2.24, 2.45) is 0 Å². The van der Waals surface area contributed by atoms with Crippen LogP contribution >= 0.6 is 0 Å². The molecule has 0 saturated carbocycles. The predicted molar refractivity (Wildman–Crippen MR) is 102 cm³/mol. The fourth-order valence-corrected chi connectivity index (χ4v) is 2.97. The van der Waals surface area contributed by atoms with Crippen LogP contribution < -0.4 is 15.0 Å². The Labute approximate surface area is 149 Å². The Morgan fingerprint density at radius 3 is 2.92 bits per heavy atom. The predicted octanol–water partition coefficient (Wildman–Crippen LogP) is 4.03. The summed E-state index contributed by atoms with van der Waals surface area (Å²) in [6.45, 7) is 7.29. The number of nitrogens with zero attached hydrogens (tertiary/aromatic N) is 1. The Balaban J connectivity index is 1.61. The zero-order valence-electron chi connectivity index (χ0n) is 14.6. The third kappa shape index (κ3) is 4.41. The summed E-state index contributed by atoms with van der Waals surface area (Å²) in [6, 6.07) is 15.8. The van der Waals surface area contributed by atoms with Gasteiger partial charge in [0.25, 0.3) is 0 Å². The van der Waals surface area contributed by atoms with Crippen LogP contribution in [0.25, 0.3) is 0 Å². The summed E-state index contributed by atoms with van der Waals surface area (Å²) in [6.07, 6.45) is 2.04. The largest absolute Gasteiger partial charge is 0.489 e. The van der Waals surface area contributed by atoms with E-state index in [9.17, 15) is 4.79 Å². The molecule has 0 bridgehead atoms. The average molecular weight is 336 g/mol. The summed E-state index contributed by atoms with van der Waals surface area (Å²) in [7, 11) is 0. The molecule has 4 heteroatoms. The smallest absolute Gasteiger partial charge is 0.246 e. The van der Waals surface area contributed by atoms with Gasteiger partial charge in [0.05, 0.1) is 6.54 Å². The number of rotatable bonds is 6. The number of amides is 1. The lowest BCUT2D eigenvalue weighted by molar-refractivity contribution is -0.117. The minimum absolute atomic E-state index is 0.0837. The van der Waals surface area contributed by atoms with Crippen LogP contribution in [-0.2, 0) is 11.2 Å². The fraction of sp³-hybridized carbons (Fsp3) is 0.286. The Kier molecular flexibility index (Phi) is 5.39. The van der Waals surface area contributed by atoms with Crippen molar-refractivity contribution >= 4 is 17.3 Å². The second-order valence-electron chi connectivity index (χ2n) is 6.40. The summed E-state index contributed by atoms with van der Waals surface area (Å²) in [4.78, 5) is 14.5. The van der Waals surface area contributed by atoms with Gasteiger partial charge >= 0.3 is 0 Å². The average Bonchev–Trinajstić information content (AvgIpc) is 2.64. The quantitative estimate of drug-likeness (QED) is 0.810. The first kappa shape index (κ1) is 17.1. The van der Waals surface area contributed by atoms with Crippen LogP contribution in [0.4, 0.5) is 11.4 Å². The van der Waals surface area contributed by atoms with Crippen molar-refractivity contribution in [2.75, 3.05) is 29.9 Å². The molecule has 1 aliphatic heterocycles. The first-order valence-electron chi connectivity index (χ1n) is 8.63. The molecule has 0 radical (unpaired) electrons. The van der Waals surface area contributed by atoms with Crippen LogP contribution in [0.1, 0.15) is 18.9 Å². The van der Waals surface area contributed by atoms with Gasteiger partial charge in [0, 0.05) is 24.0 Å². The molecule has 2 aromatic rings. The molecule has 1 aliphatic rings. The van der Waals surface area contributed by atoms with E-state index in [0.29, 0.717) is 6.61 Å². The number of carbonyl (C=O) groups excluding carboxylic acids is 1. The number of nitrogens with one attached hydrogen (secondary N) is 1. The lowest BCUT2D eigenvalue weighted by Crippen LogP contribution is -2.39. The molecule has 0 aromatic heterocycles. The monoisotopic (exact) mass is 336 g/mol. The van der Waals surface area contributed by atoms with Crippen LogP contribution in [0.3, 0.4) is 0 Å². The Morgan fingerprint density at radius 1 is 1.24 bits per heavy atom. The van der Waals surface area contributed by atoms with E-state index in [1.54, 1.807) is 0 Å². The number of carbonyl (C=O) groups is 1. The third-order valence-electron chi connectivity index (χ3n) is 4.17. The van der Waals surface area contributed by atoms with Crippen LogP contribution in [0.2, 0.25) is 0 Å². The van der Waals surface area contributed by atoms with Gasteiger partial charge in [-0.25, -0.2) is 0 Å². The van der Waals surface area contributed by atoms with Gasteiger partial charge in [-0.1, -0.05) is 30.8 Å². The van der Waals surface area contributed by atoms with Crippen LogP contribution in [0, 0.1) is 0 Å². The lowest BCUT2D eigenvalue weighted by Gasteiger charge is -2.29. The van der Waals surface area contributed by atoms with E-state index in [2.05, 4.69) is 18.0 Å². The normalized spacial score (nSPS) is 13.1. The maximum Gasteiger partial charge on any atom is 0.246 e. The molecule has 0 unspecified atom stereocenters. The number of anilines is 2. The lowest BCUT2D eigenvalue weighted by atomic mass is 10.0. The maximum atomic E-state index is 12.7. The number of para-hydroxylation sites is 1. The number of ether oxygens (including phenoxy) is 1. The number of fused-ring (bicyclic) bond motifs is 1. The van der Waals surface area contributed by atoms with Crippen LogP contribution in [0.15, 0.2) is 60.7 Å². The number of hydrogen-bond donors (Lipinski definition) is 1. The molecule has 0 saturated heterocycles. The second-order valence-corrected chi connectivity index (χ2v) is 6.40. The van der Waals surface area contributed by atoms with Gasteiger partial charge in [-0.3, -0.25) is 4.79 Å². The van der Waals surface area contributed by atoms with Gasteiger partial charge in [-0.2, -0.15) is 0 Å². The molecule has 0 aliphatic carbocycles. The van der Waals surface area contributed by atoms with Gasteiger partial charge in [-0.15, -0.1) is 0 Å². The van der Waals surface area contributed by atoms with E-state index in [4.69, 9.17) is 4.74 Å². The van der Waals surface area contributed by atoms with Crippen molar-refractivity contribution in [2.45, 2.75) is 19.8 Å². The van der Waals surface area contributed by atoms with Gasteiger partial charge in [0.1, 0.15) is 12.4 Å². The molecule has 3 rings (SSSR count). The van der Waals surface area contributed by atoms with Crippen molar-refractivity contribution in [3.8, 4) is 5.75 Å². The van der Waals surface area contributed by atoms with Crippen molar-refractivity contribution in [3.05, 3.63) is 66.2 Å². The second kappa shape index (κ2) is 7.88. The van der Waals surface area contributed by atoms with E-state index in [-0.39, 0.29) is 12.5 Å². The minimum Gasteiger partial charge on any atom is -0.489 e. The Bertz CT molecular complexity index is 770. The zero-order valence-corrected chi connectivity index (χ0v) is 14.6. The highest BCUT2D eigenvalue weighted by Crippen LogP contribution is 2.26. The summed E-state index contributed by atoms with van der Waals surface area (Å²) < 4.78 is 5.64. The summed E-state index contributed by atoms with van der Waals surface area (Å²) >= 11 is 0. The number of hydrogen-bond acceptors (Lipinski definition) is 3. The summed E-state index contributed by atoms with van der Waals surface area (Å²) in [5.74, 6) is 0.851. The highest BCUT2D eigenvalue weighted by Gasteiger charge is 2.21. The van der Waals surface area contributed by atoms with Gasteiger partial charge in [-0.05, 0) is 49.1 Å². The summed E-state index contributed by atoms with van der Waals surface area (Å²) in [5.41, 5.74) is 4.13. The third-order valence-corrected chi connectivity index (χ3v) is 4.17. The van der Waals surface area contributed by atoms with Crippen LogP contribution in [0.5, 0.6) is 5.75 Å². The summed E-state index contributed by atoms with van der Waals surface area (Å²) in [5, 5.41) is 3.21. The van der Waals surface area contributed by atoms with E-state index in [1.165, 1.54) is 5.56 Å². The van der Waals surface area contributed by atoms with Crippen molar-refractivity contribution in [1.82, 2.24) is 0 Å². The molecule has 1 amide bonds. The van der Waals surface area contributed by atoms with Crippen molar-refractivity contribution < 1.29 is 9.53 Å². The van der Waals surface area contributed by atoms with Crippen LogP contribution in [-0.4, -0.2) is 25.6 Å². The Morgan fingerprint density at radius 2 is 2.08 bits per heavy atom. The number of benzene rings is 2. The fourth-order valence-electron chi connectivity index (χ4n) is 2.97. The van der Waals surface area contributed by atoms with E-state index in [0.717, 1.165) is 42.1 Å². The van der Waals surface area contributed by atoms with E-state index >= 15 is 0 Å². The van der Waals surface area contributed by atoms with Gasteiger partial charge in [0.2, 0.25) is 5.91 Å². The van der Waals surface area contributed by atoms with E-state index < -0.39 is 0 Å². The standard InChI is InChI=1S/C21H24N2O2/c1-16(2)15-25-19-10-5-9-18(13-19)22-14-21(24)23-12-6-8-17-7-3-4-11-20(17)23/h3-5,7,9-11,13,22H,1,6,8,12,14-15H2,2H3. The maximum absolute atomic E-state index is 12.7.